The van der Waals surface area contributed by atoms with Crippen molar-refractivity contribution in [2.75, 3.05) is 0 Å². The van der Waals surface area contributed by atoms with Crippen molar-refractivity contribution in [1.29, 1.82) is 0 Å². The number of aromatic hydroxyl groups is 1. The summed E-state index contributed by atoms with van der Waals surface area (Å²) in [5.74, 6) is 1.29. The van der Waals surface area contributed by atoms with E-state index in [0.717, 1.165) is 52.7 Å². The number of hydrogen-bond donors (Lipinski definition) is 1. The number of phenols is 1. The zero-order valence-electron chi connectivity index (χ0n) is 21.7. The third kappa shape index (κ3) is 5.37. The Morgan fingerprint density at radius 1 is 1.00 bits per heavy atom. The molecule has 0 bridgehead atoms. The first-order valence-corrected chi connectivity index (χ1v) is 13.3. The quantitative estimate of drug-likeness (QED) is 0.354. The molecule has 1 aliphatic carbocycles. The lowest BCUT2D eigenvalue weighted by Gasteiger charge is -2.27. The van der Waals surface area contributed by atoms with Gasteiger partial charge in [-0.1, -0.05) is 76.7 Å². The van der Waals surface area contributed by atoms with Crippen LogP contribution in [0, 0.1) is 0 Å². The molecule has 0 atom stereocenters. The lowest BCUT2D eigenvalue weighted by molar-refractivity contribution is 0.416. The van der Waals surface area contributed by atoms with Crippen LogP contribution in [-0.4, -0.2) is 21.0 Å². The molecule has 4 rings (SSSR count). The first-order chi connectivity index (χ1) is 16.4. The van der Waals surface area contributed by atoms with Gasteiger partial charge in [-0.15, -0.1) is 0 Å². The van der Waals surface area contributed by atoms with Gasteiger partial charge >= 0.3 is 0 Å². The minimum Gasteiger partial charge on any atom is -0.507 e. The van der Waals surface area contributed by atoms with Gasteiger partial charge in [0, 0.05) is 21.5 Å². The Bertz CT molecular complexity index is 1300. The molecule has 1 fully saturated rings. The molecule has 1 aliphatic rings. The predicted molar refractivity (Wildman–Crippen MR) is 148 cm³/mol. The van der Waals surface area contributed by atoms with Crippen LogP contribution in [0.25, 0.3) is 10.9 Å². The maximum atomic E-state index is 13.6. The fourth-order valence-electron chi connectivity index (χ4n) is 4.90. The Morgan fingerprint density at radius 2 is 1.60 bits per heavy atom. The zero-order chi connectivity index (χ0) is 25.5. The predicted octanol–water partition coefficient (Wildman–Crippen LogP) is 7.39. The summed E-state index contributed by atoms with van der Waals surface area (Å²) in [5.41, 5.74) is 2.66. The van der Waals surface area contributed by atoms with E-state index in [-0.39, 0.29) is 22.3 Å². The van der Waals surface area contributed by atoms with Crippen molar-refractivity contribution in [3.8, 4) is 5.75 Å². The number of fused-ring (bicyclic) bond motifs is 1. The van der Waals surface area contributed by atoms with E-state index in [1.165, 1.54) is 11.1 Å². The van der Waals surface area contributed by atoms with Crippen LogP contribution in [0.15, 0.2) is 44.7 Å². The van der Waals surface area contributed by atoms with Crippen LogP contribution < -0.4 is 5.56 Å². The second kappa shape index (κ2) is 9.53. The van der Waals surface area contributed by atoms with Crippen LogP contribution >= 0.6 is 15.9 Å². The van der Waals surface area contributed by atoms with E-state index in [2.05, 4.69) is 57.5 Å². The maximum Gasteiger partial charge on any atom is 0.282 e. The lowest BCUT2D eigenvalue weighted by Crippen LogP contribution is -2.25. The molecule has 0 unspecified atom stereocenters. The fraction of sp³-hybridized carbons (Fsp3) is 0.483. The van der Waals surface area contributed by atoms with E-state index >= 15 is 0 Å². The van der Waals surface area contributed by atoms with Gasteiger partial charge in [-0.05, 0) is 59.6 Å². The minimum absolute atomic E-state index is 0.154. The van der Waals surface area contributed by atoms with Gasteiger partial charge in [0.25, 0.3) is 5.56 Å². The van der Waals surface area contributed by atoms with Gasteiger partial charge in [0.2, 0.25) is 0 Å². The van der Waals surface area contributed by atoms with Gasteiger partial charge in [0.15, 0.2) is 0 Å². The summed E-state index contributed by atoms with van der Waals surface area (Å²) in [6, 6.07) is 9.59. The lowest BCUT2D eigenvalue weighted by atomic mass is 9.78. The van der Waals surface area contributed by atoms with E-state index in [1.54, 1.807) is 6.21 Å². The molecule has 186 valence electrons. The molecule has 0 amide bonds. The van der Waals surface area contributed by atoms with Crippen molar-refractivity contribution in [3.63, 3.8) is 0 Å². The van der Waals surface area contributed by atoms with Crippen molar-refractivity contribution in [2.24, 2.45) is 5.10 Å². The number of hydrogen-bond acceptors (Lipinski definition) is 4. The average molecular weight is 539 g/mol. The van der Waals surface area contributed by atoms with E-state index in [4.69, 9.17) is 10.1 Å². The maximum absolute atomic E-state index is 13.6. The number of phenolic OH excluding ortho intramolecular Hbond substituents is 1. The van der Waals surface area contributed by atoms with Gasteiger partial charge in [0.05, 0.1) is 17.1 Å². The highest BCUT2D eigenvalue weighted by Gasteiger charge is 2.27. The molecular weight excluding hydrogens is 502 g/mol. The van der Waals surface area contributed by atoms with Gasteiger partial charge in [-0.25, -0.2) is 4.98 Å². The number of aromatic nitrogens is 2. The zero-order valence-corrected chi connectivity index (χ0v) is 23.2. The second-order valence-corrected chi connectivity index (χ2v) is 12.7. The standard InChI is InChI=1S/C29H36BrN3O2/c1-28(2,3)22-14-18(15-23(25(22)34)29(4,5)6)17-31-33-26(19-10-8-7-9-11-19)32-24-13-12-20(30)16-21(24)27(33)35/h12-17,19,34H,7-11H2,1-6H3. The number of benzene rings is 2. The number of halogens is 1. The fourth-order valence-corrected chi connectivity index (χ4v) is 5.26. The summed E-state index contributed by atoms with van der Waals surface area (Å²) >= 11 is 3.48. The first-order valence-electron chi connectivity index (χ1n) is 12.5. The van der Waals surface area contributed by atoms with E-state index < -0.39 is 0 Å². The van der Waals surface area contributed by atoms with Crippen molar-refractivity contribution in [2.45, 2.75) is 90.4 Å². The first kappa shape index (κ1) is 25.6. The molecule has 0 spiro atoms. The smallest absolute Gasteiger partial charge is 0.282 e. The van der Waals surface area contributed by atoms with Crippen LogP contribution in [0.5, 0.6) is 5.75 Å². The average Bonchev–Trinajstić information content (AvgIpc) is 2.78. The Balaban J connectivity index is 1.90. The largest absolute Gasteiger partial charge is 0.507 e. The Morgan fingerprint density at radius 3 is 2.17 bits per heavy atom. The van der Waals surface area contributed by atoms with Gasteiger partial charge in [-0.3, -0.25) is 4.79 Å². The number of nitrogens with zero attached hydrogens (tertiary/aromatic N) is 3. The van der Waals surface area contributed by atoms with Crippen molar-refractivity contribution in [3.05, 3.63) is 67.7 Å². The van der Waals surface area contributed by atoms with E-state index in [1.807, 2.05) is 30.3 Å². The molecule has 1 aromatic heterocycles. The molecule has 35 heavy (non-hydrogen) atoms. The Labute approximate surface area is 216 Å². The Hall–Kier alpha value is -2.47. The molecule has 5 nitrogen and oxygen atoms in total. The minimum atomic E-state index is -0.241. The summed E-state index contributed by atoms with van der Waals surface area (Å²) in [5, 5.41) is 16.3. The molecule has 0 aliphatic heterocycles. The molecule has 1 saturated carbocycles. The molecule has 1 N–H and O–H groups in total. The topological polar surface area (TPSA) is 67.5 Å². The summed E-state index contributed by atoms with van der Waals surface area (Å²) in [4.78, 5) is 18.5. The third-order valence-corrected chi connectivity index (χ3v) is 7.37. The van der Waals surface area contributed by atoms with Crippen LogP contribution in [0.4, 0.5) is 0 Å². The Kier molecular flexibility index (Phi) is 6.98. The van der Waals surface area contributed by atoms with Crippen LogP contribution in [-0.2, 0) is 10.8 Å². The molecule has 6 heteroatoms. The highest BCUT2D eigenvalue weighted by molar-refractivity contribution is 9.10. The molecule has 0 saturated heterocycles. The number of rotatable bonds is 3. The van der Waals surface area contributed by atoms with Gasteiger partial charge < -0.3 is 5.11 Å². The second-order valence-electron chi connectivity index (χ2n) is 11.8. The van der Waals surface area contributed by atoms with E-state index in [0.29, 0.717) is 16.7 Å². The van der Waals surface area contributed by atoms with Gasteiger partial charge in [0.1, 0.15) is 11.6 Å². The van der Waals surface area contributed by atoms with Crippen molar-refractivity contribution < 1.29 is 5.11 Å². The van der Waals surface area contributed by atoms with E-state index in [9.17, 15) is 9.90 Å². The highest BCUT2D eigenvalue weighted by atomic mass is 79.9. The van der Waals surface area contributed by atoms with Crippen molar-refractivity contribution in [1.82, 2.24) is 9.66 Å². The van der Waals surface area contributed by atoms with Crippen LogP contribution in [0.2, 0.25) is 0 Å². The van der Waals surface area contributed by atoms with Gasteiger partial charge in [-0.2, -0.15) is 9.78 Å². The monoisotopic (exact) mass is 537 g/mol. The molecular formula is C29H36BrN3O2. The van der Waals surface area contributed by atoms with Crippen LogP contribution in [0.3, 0.4) is 0 Å². The molecule has 2 aromatic carbocycles. The summed E-state index contributed by atoms with van der Waals surface area (Å²) in [7, 11) is 0. The summed E-state index contributed by atoms with van der Waals surface area (Å²) in [6.45, 7) is 12.5. The summed E-state index contributed by atoms with van der Waals surface area (Å²) < 4.78 is 2.35. The highest BCUT2D eigenvalue weighted by Crippen LogP contribution is 2.39. The molecule has 3 aromatic rings. The molecule has 0 radical (unpaired) electrons. The normalized spacial score (nSPS) is 15.9. The van der Waals surface area contributed by atoms with Crippen LogP contribution in [0.1, 0.15) is 102 Å². The molecule has 1 heterocycles. The third-order valence-electron chi connectivity index (χ3n) is 6.87. The SMILES string of the molecule is CC(C)(C)c1cc(C=Nn2c(C3CCCCC3)nc3ccc(Br)cc3c2=O)cc(C(C)(C)C)c1O. The van der Waals surface area contributed by atoms with Crippen molar-refractivity contribution >= 4 is 33.0 Å². The summed E-state index contributed by atoms with van der Waals surface area (Å²) in [6.07, 6.45) is 7.29.